The summed E-state index contributed by atoms with van der Waals surface area (Å²) in [5.74, 6) is -1.60. The van der Waals surface area contributed by atoms with Gasteiger partial charge in [-0.2, -0.15) is 0 Å². The molecule has 19 heavy (non-hydrogen) atoms. The van der Waals surface area contributed by atoms with Crippen LogP contribution in [0.1, 0.15) is 23.7 Å². The van der Waals surface area contributed by atoms with Crippen LogP contribution in [-0.4, -0.2) is 29.1 Å². The number of carboxylic acids is 1. The molecule has 0 radical (unpaired) electrons. The number of hydrogen-bond donors (Lipinski definition) is 1. The number of likely N-dealkylation sites (N-methyl/N-ethyl adjacent to an activating group) is 1. The molecule has 1 heterocycles. The first-order valence-corrected chi connectivity index (χ1v) is 6.28. The fraction of sp³-hybridized carbons (Fsp3) is 0.333. The molecule has 7 heteroatoms. The summed E-state index contributed by atoms with van der Waals surface area (Å²) in [4.78, 5) is 24.6. The highest BCUT2D eigenvalue weighted by atomic mass is 35.5. The van der Waals surface area contributed by atoms with E-state index in [0.717, 1.165) is 0 Å². The van der Waals surface area contributed by atoms with Gasteiger partial charge < -0.3 is 14.7 Å². The van der Waals surface area contributed by atoms with Gasteiger partial charge in [0.1, 0.15) is 5.56 Å². The average Bonchev–Trinajstić information content (AvgIpc) is 2.36. The van der Waals surface area contributed by atoms with Crippen molar-refractivity contribution < 1.29 is 19.4 Å². The molecule has 1 aromatic carbocycles. The molecule has 1 unspecified atom stereocenters. The van der Waals surface area contributed by atoms with Crippen LogP contribution in [0.4, 0.5) is 5.69 Å². The fourth-order valence-electron chi connectivity index (χ4n) is 1.88. The van der Waals surface area contributed by atoms with Crippen LogP contribution in [-0.2, 0) is 4.79 Å². The van der Waals surface area contributed by atoms with Gasteiger partial charge in [0.05, 0.1) is 5.69 Å². The number of rotatable bonds is 2. The summed E-state index contributed by atoms with van der Waals surface area (Å²) >= 11 is 12.0. The van der Waals surface area contributed by atoms with Crippen molar-refractivity contribution in [3.05, 3.63) is 22.7 Å². The maximum atomic E-state index is 12.1. The summed E-state index contributed by atoms with van der Waals surface area (Å²) in [6.45, 7) is 1.68. The van der Waals surface area contributed by atoms with Gasteiger partial charge in [-0.25, -0.2) is 4.79 Å². The standard InChI is InChI=1S/C12H11Cl2NO4/c1-3-12(14)11(18)15(2)8-5-6(13)4-7(10(16)17)9(8)19-12/h4-5H,3H2,1-2H3,(H,16,17). The molecular formula is C12H11Cl2NO4. The summed E-state index contributed by atoms with van der Waals surface area (Å²) < 4.78 is 5.43. The van der Waals surface area contributed by atoms with E-state index in [1.165, 1.54) is 24.1 Å². The molecular weight excluding hydrogens is 293 g/mol. The number of fused-ring (bicyclic) bond motifs is 1. The fourth-order valence-corrected chi connectivity index (χ4v) is 2.30. The number of hydrogen-bond acceptors (Lipinski definition) is 3. The van der Waals surface area contributed by atoms with Crippen LogP contribution in [0.25, 0.3) is 0 Å². The number of anilines is 1. The lowest BCUT2D eigenvalue weighted by molar-refractivity contribution is -0.129. The maximum Gasteiger partial charge on any atom is 0.339 e. The number of ether oxygens (including phenoxy) is 1. The predicted molar refractivity (Wildman–Crippen MR) is 71.3 cm³/mol. The number of alkyl halides is 1. The third-order valence-corrected chi connectivity index (χ3v) is 3.69. The number of benzene rings is 1. The van der Waals surface area contributed by atoms with Crippen molar-refractivity contribution in [1.82, 2.24) is 0 Å². The number of halogens is 2. The highest BCUT2D eigenvalue weighted by Crippen LogP contribution is 2.44. The summed E-state index contributed by atoms with van der Waals surface area (Å²) in [7, 11) is 1.50. The minimum atomic E-state index is -1.58. The lowest BCUT2D eigenvalue weighted by Crippen LogP contribution is -2.51. The Morgan fingerprint density at radius 1 is 1.53 bits per heavy atom. The summed E-state index contributed by atoms with van der Waals surface area (Å²) in [5.41, 5.74) is 0.167. The van der Waals surface area contributed by atoms with Gasteiger partial charge in [0.15, 0.2) is 5.75 Å². The second-order valence-corrected chi connectivity index (χ2v) is 5.20. The molecule has 0 saturated carbocycles. The predicted octanol–water partition coefficient (Wildman–Crippen LogP) is 2.74. The Hall–Kier alpha value is -1.46. The lowest BCUT2D eigenvalue weighted by atomic mass is 10.1. The number of carbonyl (C=O) groups is 2. The second-order valence-electron chi connectivity index (χ2n) is 4.15. The third kappa shape index (κ3) is 2.13. The third-order valence-electron chi connectivity index (χ3n) is 2.97. The summed E-state index contributed by atoms with van der Waals surface area (Å²) in [6, 6.07) is 2.73. The van der Waals surface area contributed by atoms with Gasteiger partial charge in [0.25, 0.3) is 11.0 Å². The Bertz CT molecular complexity index is 575. The van der Waals surface area contributed by atoms with Gasteiger partial charge >= 0.3 is 5.97 Å². The Morgan fingerprint density at radius 2 is 2.16 bits per heavy atom. The zero-order valence-electron chi connectivity index (χ0n) is 10.2. The Kier molecular flexibility index (Phi) is 3.36. The molecule has 0 aromatic heterocycles. The smallest absolute Gasteiger partial charge is 0.339 e. The average molecular weight is 304 g/mol. The van der Waals surface area contributed by atoms with Gasteiger partial charge in [-0.3, -0.25) is 4.79 Å². The highest BCUT2D eigenvalue weighted by Gasteiger charge is 2.46. The molecule has 1 atom stereocenters. The van der Waals surface area contributed by atoms with Crippen molar-refractivity contribution in [2.75, 3.05) is 11.9 Å². The van der Waals surface area contributed by atoms with Crippen LogP contribution in [0, 0.1) is 0 Å². The molecule has 5 nitrogen and oxygen atoms in total. The minimum absolute atomic E-state index is 0.0517. The van der Waals surface area contributed by atoms with Crippen LogP contribution in [0.3, 0.4) is 0 Å². The number of aromatic carboxylic acids is 1. The van der Waals surface area contributed by atoms with Crippen LogP contribution >= 0.6 is 23.2 Å². The van der Waals surface area contributed by atoms with Gasteiger partial charge in [-0.15, -0.1) is 0 Å². The first kappa shape index (κ1) is 14.0. The number of carbonyl (C=O) groups excluding carboxylic acids is 1. The van der Waals surface area contributed by atoms with Crippen molar-refractivity contribution in [1.29, 1.82) is 0 Å². The van der Waals surface area contributed by atoms with Crippen molar-refractivity contribution >= 4 is 40.8 Å². The molecule has 0 saturated heterocycles. The largest absolute Gasteiger partial charge is 0.478 e. The first-order chi connectivity index (χ1) is 8.80. The zero-order valence-corrected chi connectivity index (χ0v) is 11.7. The molecule has 0 spiro atoms. The summed E-state index contributed by atoms with van der Waals surface area (Å²) in [5, 5.41) is 7.80. The molecule has 1 aliphatic rings. The lowest BCUT2D eigenvalue weighted by Gasteiger charge is -2.37. The quantitative estimate of drug-likeness (QED) is 0.853. The van der Waals surface area contributed by atoms with Crippen LogP contribution < -0.4 is 9.64 Å². The van der Waals surface area contributed by atoms with Crippen LogP contribution in [0.15, 0.2) is 12.1 Å². The van der Waals surface area contributed by atoms with E-state index in [-0.39, 0.29) is 22.8 Å². The van der Waals surface area contributed by atoms with E-state index in [0.29, 0.717) is 5.69 Å². The molecule has 102 valence electrons. The van der Waals surface area contributed by atoms with Gasteiger partial charge in [-0.05, 0) is 12.1 Å². The van der Waals surface area contributed by atoms with Crippen molar-refractivity contribution in [2.45, 2.75) is 18.4 Å². The topological polar surface area (TPSA) is 66.8 Å². The molecule has 0 fully saturated rings. The van der Waals surface area contributed by atoms with E-state index in [9.17, 15) is 14.7 Å². The SMILES string of the molecule is CCC1(Cl)Oc2c(C(=O)O)cc(Cl)cc2N(C)C1=O. The number of carboxylic acid groups (broad SMARTS) is 1. The molecule has 1 N–H and O–H groups in total. The van der Waals surface area contributed by atoms with E-state index in [2.05, 4.69) is 0 Å². The van der Waals surface area contributed by atoms with E-state index < -0.39 is 16.9 Å². The molecule has 2 rings (SSSR count). The zero-order chi connectivity index (χ0) is 14.4. The van der Waals surface area contributed by atoms with Crippen molar-refractivity contribution in [3.8, 4) is 5.75 Å². The van der Waals surface area contributed by atoms with Crippen molar-refractivity contribution in [3.63, 3.8) is 0 Å². The van der Waals surface area contributed by atoms with Gasteiger partial charge in [-0.1, -0.05) is 30.1 Å². The van der Waals surface area contributed by atoms with E-state index in [4.69, 9.17) is 27.9 Å². The van der Waals surface area contributed by atoms with Gasteiger partial charge in [0.2, 0.25) is 0 Å². The Morgan fingerprint density at radius 3 is 2.68 bits per heavy atom. The molecule has 0 aliphatic carbocycles. The Balaban J connectivity index is 2.69. The number of amides is 1. The second kappa shape index (κ2) is 4.58. The molecule has 1 amide bonds. The monoisotopic (exact) mass is 303 g/mol. The van der Waals surface area contributed by atoms with Crippen LogP contribution in [0.2, 0.25) is 5.02 Å². The summed E-state index contributed by atoms with van der Waals surface area (Å²) in [6.07, 6.45) is 0.207. The maximum absolute atomic E-state index is 12.1. The number of nitrogens with zero attached hydrogens (tertiary/aromatic N) is 1. The molecule has 1 aliphatic heterocycles. The van der Waals surface area contributed by atoms with Gasteiger partial charge in [0, 0.05) is 18.5 Å². The molecule has 1 aromatic rings. The van der Waals surface area contributed by atoms with E-state index >= 15 is 0 Å². The minimum Gasteiger partial charge on any atom is -0.478 e. The molecule has 0 bridgehead atoms. The van der Waals surface area contributed by atoms with E-state index in [1.807, 2.05) is 0 Å². The van der Waals surface area contributed by atoms with Crippen molar-refractivity contribution in [2.24, 2.45) is 0 Å². The normalized spacial score (nSPS) is 21.9. The van der Waals surface area contributed by atoms with Crippen LogP contribution in [0.5, 0.6) is 5.75 Å². The Labute approximate surface area is 119 Å². The van der Waals surface area contributed by atoms with E-state index in [1.54, 1.807) is 6.92 Å². The highest BCUT2D eigenvalue weighted by molar-refractivity contribution is 6.37. The first-order valence-electron chi connectivity index (χ1n) is 5.53.